The Kier molecular flexibility index (Phi) is 3.32. The lowest BCUT2D eigenvalue weighted by molar-refractivity contribution is 0.443. The van der Waals surface area contributed by atoms with Crippen LogP contribution in [0.25, 0.3) is 5.69 Å². The van der Waals surface area contributed by atoms with Crippen molar-refractivity contribution in [3.63, 3.8) is 0 Å². The number of nitrogens with zero attached hydrogens (tertiary/aromatic N) is 4. The van der Waals surface area contributed by atoms with Crippen molar-refractivity contribution in [1.29, 1.82) is 0 Å². The number of anilines is 1. The minimum Gasteiger partial charge on any atom is -0.384 e. The molecule has 18 heavy (non-hydrogen) atoms. The molecule has 2 aromatic rings. The van der Waals surface area contributed by atoms with Gasteiger partial charge in [-0.25, -0.2) is 4.68 Å². The first kappa shape index (κ1) is 12.5. The first-order valence-corrected chi connectivity index (χ1v) is 6.04. The number of rotatable bonds is 3. The zero-order valence-electron chi connectivity index (χ0n) is 11.3. The Morgan fingerprint density at radius 2 is 2.06 bits per heavy atom. The molecule has 0 aliphatic carbocycles. The van der Waals surface area contributed by atoms with Crippen LogP contribution in [-0.4, -0.2) is 26.8 Å². The summed E-state index contributed by atoms with van der Waals surface area (Å²) in [6.07, 6.45) is 1.60. The average molecular weight is 245 g/mol. The van der Waals surface area contributed by atoms with Crippen molar-refractivity contribution in [3.05, 3.63) is 30.1 Å². The molecule has 5 heteroatoms. The third-order valence-corrected chi connectivity index (χ3v) is 2.64. The van der Waals surface area contributed by atoms with Crippen LogP contribution in [-0.2, 0) is 0 Å². The largest absolute Gasteiger partial charge is 0.384 e. The minimum absolute atomic E-state index is 0.247. The van der Waals surface area contributed by atoms with Gasteiger partial charge in [0.25, 0.3) is 0 Å². The van der Waals surface area contributed by atoms with E-state index < -0.39 is 0 Å². The van der Waals surface area contributed by atoms with Gasteiger partial charge in [-0.2, -0.15) is 0 Å². The van der Waals surface area contributed by atoms with Crippen LogP contribution in [0.4, 0.5) is 5.69 Å². The van der Waals surface area contributed by atoms with Crippen molar-refractivity contribution in [2.75, 3.05) is 11.9 Å². The van der Waals surface area contributed by atoms with Crippen molar-refractivity contribution >= 4 is 5.69 Å². The summed E-state index contributed by atoms with van der Waals surface area (Å²) in [5.74, 6) is 0. The number of aromatic nitrogens is 4. The maximum atomic E-state index is 3.89. The fraction of sp³-hybridized carbons (Fsp3) is 0.462. The van der Waals surface area contributed by atoms with E-state index in [0.29, 0.717) is 0 Å². The second-order valence-electron chi connectivity index (χ2n) is 5.67. The van der Waals surface area contributed by atoms with E-state index in [1.807, 2.05) is 6.07 Å². The maximum absolute atomic E-state index is 3.89. The molecule has 1 N–H and O–H groups in total. The molecule has 2 rings (SSSR count). The van der Waals surface area contributed by atoms with Gasteiger partial charge in [-0.1, -0.05) is 26.8 Å². The summed E-state index contributed by atoms with van der Waals surface area (Å²) in [7, 11) is 0. The first-order valence-electron chi connectivity index (χ1n) is 6.04. The van der Waals surface area contributed by atoms with Gasteiger partial charge in [0, 0.05) is 12.2 Å². The molecule has 0 spiro atoms. The third-order valence-electron chi connectivity index (χ3n) is 2.64. The van der Waals surface area contributed by atoms with E-state index in [0.717, 1.165) is 17.9 Å². The molecule has 5 nitrogen and oxygen atoms in total. The van der Waals surface area contributed by atoms with Gasteiger partial charge in [0.1, 0.15) is 6.33 Å². The Hall–Kier alpha value is -1.91. The summed E-state index contributed by atoms with van der Waals surface area (Å²) < 4.78 is 1.65. The number of nitrogens with one attached hydrogen (secondary N) is 1. The molecule has 1 aromatic carbocycles. The highest BCUT2D eigenvalue weighted by Gasteiger charge is 2.10. The molecule has 0 aliphatic heterocycles. The van der Waals surface area contributed by atoms with E-state index in [4.69, 9.17) is 0 Å². The highest BCUT2D eigenvalue weighted by atomic mass is 15.5. The standard InChI is InChI=1S/C13H19N5/c1-10-5-6-11(18-9-15-16-17-18)7-12(10)14-8-13(2,3)4/h5-7,9,14H,8H2,1-4H3. The molecule has 0 fully saturated rings. The second kappa shape index (κ2) is 4.76. The zero-order valence-corrected chi connectivity index (χ0v) is 11.3. The smallest absolute Gasteiger partial charge is 0.143 e. The molecular formula is C13H19N5. The number of hydrogen-bond donors (Lipinski definition) is 1. The Labute approximate surface area is 107 Å². The Morgan fingerprint density at radius 3 is 2.67 bits per heavy atom. The SMILES string of the molecule is Cc1ccc(-n2cnnn2)cc1NCC(C)(C)C. The molecule has 0 unspecified atom stereocenters. The summed E-state index contributed by atoms with van der Waals surface area (Å²) in [5.41, 5.74) is 3.55. The Balaban J connectivity index is 2.22. The van der Waals surface area contributed by atoms with Gasteiger partial charge in [-0.15, -0.1) is 5.10 Å². The molecule has 0 bridgehead atoms. The van der Waals surface area contributed by atoms with E-state index in [-0.39, 0.29) is 5.41 Å². The Morgan fingerprint density at radius 1 is 1.28 bits per heavy atom. The van der Waals surface area contributed by atoms with Gasteiger partial charge in [0.15, 0.2) is 0 Å². The summed E-state index contributed by atoms with van der Waals surface area (Å²) in [6.45, 7) is 9.64. The Bertz CT molecular complexity index is 511. The van der Waals surface area contributed by atoms with Crippen LogP contribution < -0.4 is 5.32 Å². The molecular weight excluding hydrogens is 226 g/mol. The first-order chi connectivity index (χ1) is 8.46. The molecule has 0 radical (unpaired) electrons. The lowest BCUT2D eigenvalue weighted by Crippen LogP contribution is -2.19. The van der Waals surface area contributed by atoms with Crippen molar-refractivity contribution in [2.45, 2.75) is 27.7 Å². The van der Waals surface area contributed by atoms with E-state index in [2.05, 4.69) is 60.7 Å². The van der Waals surface area contributed by atoms with Gasteiger partial charge in [0.2, 0.25) is 0 Å². The quantitative estimate of drug-likeness (QED) is 0.902. The van der Waals surface area contributed by atoms with Gasteiger partial charge in [-0.05, 0) is 40.5 Å². The predicted molar refractivity (Wildman–Crippen MR) is 71.8 cm³/mol. The van der Waals surface area contributed by atoms with Crippen LogP contribution >= 0.6 is 0 Å². The van der Waals surface area contributed by atoms with E-state index >= 15 is 0 Å². The number of tetrazole rings is 1. The van der Waals surface area contributed by atoms with Crippen LogP contribution in [0.15, 0.2) is 24.5 Å². The molecule has 1 aromatic heterocycles. The third kappa shape index (κ3) is 3.06. The molecule has 0 saturated heterocycles. The van der Waals surface area contributed by atoms with E-state index in [1.165, 1.54) is 5.56 Å². The average Bonchev–Trinajstić information content (AvgIpc) is 2.80. The molecule has 0 saturated carbocycles. The van der Waals surface area contributed by atoms with Crippen LogP contribution in [0.3, 0.4) is 0 Å². The normalized spacial score (nSPS) is 11.6. The number of hydrogen-bond acceptors (Lipinski definition) is 4. The number of aryl methyl sites for hydroxylation is 1. The summed E-state index contributed by atoms with van der Waals surface area (Å²) in [4.78, 5) is 0. The van der Waals surface area contributed by atoms with Gasteiger partial charge < -0.3 is 5.32 Å². The summed E-state index contributed by atoms with van der Waals surface area (Å²) in [6, 6.07) is 6.15. The highest BCUT2D eigenvalue weighted by Crippen LogP contribution is 2.21. The maximum Gasteiger partial charge on any atom is 0.143 e. The molecule has 96 valence electrons. The molecule has 0 aliphatic rings. The van der Waals surface area contributed by atoms with Crippen molar-refractivity contribution in [2.24, 2.45) is 5.41 Å². The van der Waals surface area contributed by atoms with Gasteiger partial charge in [0.05, 0.1) is 5.69 Å². The van der Waals surface area contributed by atoms with Crippen molar-refractivity contribution < 1.29 is 0 Å². The van der Waals surface area contributed by atoms with Gasteiger partial charge >= 0.3 is 0 Å². The fourth-order valence-corrected chi connectivity index (χ4v) is 1.58. The minimum atomic E-state index is 0.247. The van der Waals surface area contributed by atoms with E-state index in [1.54, 1.807) is 11.0 Å². The predicted octanol–water partition coefficient (Wildman–Crippen LogP) is 2.43. The zero-order chi connectivity index (χ0) is 13.2. The van der Waals surface area contributed by atoms with E-state index in [9.17, 15) is 0 Å². The van der Waals surface area contributed by atoms with Crippen LogP contribution in [0.5, 0.6) is 0 Å². The van der Waals surface area contributed by atoms with Crippen LogP contribution in [0.2, 0.25) is 0 Å². The fourth-order valence-electron chi connectivity index (χ4n) is 1.58. The summed E-state index contributed by atoms with van der Waals surface area (Å²) >= 11 is 0. The van der Waals surface area contributed by atoms with Crippen LogP contribution in [0, 0.1) is 12.3 Å². The van der Waals surface area contributed by atoms with Crippen LogP contribution in [0.1, 0.15) is 26.3 Å². The lowest BCUT2D eigenvalue weighted by Gasteiger charge is -2.21. The second-order valence-corrected chi connectivity index (χ2v) is 5.67. The van der Waals surface area contributed by atoms with Crippen molar-refractivity contribution in [1.82, 2.24) is 20.2 Å². The summed E-state index contributed by atoms with van der Waals surface area (Å²) in [5, 5.41) is 14.7. The van der Waals surface area contributed by atoms with Gasteiger partial charge in [-0.3, -0.25) is 0 Å². The number of benzene rings is 1. The topological polar surface area (TPSA) is 55.6 Å². The lowest BCUT2D eigenvalue weighted by atomic mass is 9.96. The molecule has 1 heterocycles. The molecule has 0 atom stereocenters. The highest BCUT2D eigenvalue weighted by molar-refractivity contribution is 5.56. The van der Waals surface area contributed by atoms with Crippen molar-refractivity contribution in [3.8, 4) is 5.69 Å². The molecule has 0 amide bonds. The monoisotopic (exact) mass is 245 g/mol.